The van der Waals surface area contributed by atoms with Gasteiger partial charge in [-0.05, 0) is 36.6 Å². The van der Waals surface area contributed by atoms with Crippen molar-refractivity contribution < 1.29 is 9.53 Å². The number of likely N-dealkylation sites (tertiary alicyclic amines) is 1. The van der Waals surface area contributed by atoms with Gasteiger partial charge in [0.1, 0.15) is 5.52 Å². The largest absolute Gasteiger partial charge is 0.465 e. The molecule has 6 heteroatoms. The number of piperidine rings is 1. The molecule has 1 aliphatic heterocycles. The number of aromatic nitrogens is 3. The fourth-order valence-corrected chi connectivity index (χ4v) is 3.62. The summed E-state index contributed by atoms with van der Waals surface area (Å²) in [6, 6.07) is 16.4. The predicted octanol–water partition coefficient (Wildman–Crippen LogP) is 3.06. The standard InChI is InChI=1S/C20H22N4O2/c1-26-20(25)16-7-8-19-18(13-16)21-22-24(19)17-9-11-23(12-10-17)14-15-5-3-2-4-6-15/h2-8,13,17H,9-12,14H2,1H3. The van der Waals surface area contributed by atoms with Crippen LogP contribution in [-0.2, 0) is 11.3 Å². The SMILES string of the molecule is COC(=O)c1ccc2c(c1)nnn2C1CCN(Cc2ccccc2)CC1. The Bertz CT molecular complexity index is 899. The highest BCUT2D eigenvalue weighted by Gasteiger charge is 2.23. The number of methoxy groups -OCH3 is 1. The first kappa shape index (κ1) is 16.7. The first-order valence-electron chi connectivity index (χ1n) is 8.94. The summed E-state index contributed by atoms with van der Waals surface area (Å²) in [5.41, 5.74) is 3.57. The molecule has 0 amide bonds. The molecule has 1 saturated heterocycles. The molecule has 0 radical (unpaired) electrons. The lowest BCUT2D eigenvalue weighted by molar-refractivity contribution is 0.0601. The van der Waals surface area contributed by atoms with Crippen molar-refractivity contribution in [2.75, 3.05) is 20.2 Å². The van der Waals surface area contributed by atoms with Crippen LogP contribution in [0.5, 0.6) is 0 Å². The first-order chi connectivity index (χ1) is 12.7. The molecule has 1 aliphatic rings. The second-order valence-electron chi connectivity index (χ2n) is 6.72. The van der Waals surface area contributed by atoms with E-state index in [0.29, 0.717) is 11.6 Å². The van der Waals surface area contributed by atoms with E-state index in [2.05, 4.69) is 45.5 Å². The molecule has 2 heterocycles. The summed E-state index contributed by atoms with van der Waals surface area (Å²) in [7, 11) is 1.38. The Morgan fingerprint density at radius 2 is 1.92 bits per heavy atom. The lowest BCUT2D eigenvalue weighted by Gasteiger charge is -2.32. The molecular weight excluding hydrogens is 328 g/mol. The van der Waals surface area contributed by atoms with Gasteiger partial charge in [0.15, 0.2) is 0 Å². The van der Waals surface area contributed by atoms with Crippen molar-refractivity contribution in [3.05, 3.63) is 59.7 Å². The molecule has 4 rings (SSSR count). The maximum atomic E-state index is 11.7. The Kier molecular flexibility index (Phi) is 4.67. The van der Waals surface area contributed by atoms with Gasteiger partial charge < -0.3 is 4.74 Å². The first-order valence-corrected chi connectivity index (χ1v) is 8.94. The van der Waals surface area contributed by atoms with Crippen LogP contribution in [0.1, 0.15) is 34.8 Å². The van der Waals surface area contributed by atoms with Crippen molar-refractivity contribution in [1.29, 1.82) is 0 Å². The molecule has 134 valence electrons. The zero-order valence-corrected chi connectivity index (χ0v) is 14.8. The van der Waals surface area contributed by atoms with Crippen LogP contribution in [0.2, 0.25) is 0 Å². The van der Waals surface area contributed by atoms with Crippen molar-refractivity contribution in [1.82, 2.24) is 19.9 Å². The smallest absolute Gasteiger partial charge is 0.337 e. The number of hydrogen-bond acceptors (Lipinski definition) is 5. The van der Waals surface area contributed by atoms with Crippen LogP contribution in [0.4, 0.5) is 0 Å². The lowest BCUT2D eigenvalue weighted by Crippen LogP contribution is -2.34. The topological polar surface area (TPSA) is 60.2 Å². The fourth-order valence-electron chi connectivity index (χ4n) is 3.62. The van der Waals surface area contributed by atoms with Crippen LogP contribution >= 0.6 is 0 Å². The maximum Gasteiger partial charge on any atom is 0.337 e. The zero-order chi connectivity index (χ0) is 17.9. The van der Waals surface area contributed by atoms with Crippen molar-refractivity contribution in [2.24, 2.45) is 0 Å². The second kappa shape index (κ2) is 7.25. The molecular formula is C20H22N4O2. The van der Waals surface area contributed by atoms with E-state index in [9.17, 15) is 4.79 Å². The summed E-state index contributed by atoms with van der Waals surface area (Å²) >= 11 is 0. The Hall–Kier alpha value is -2.73. The van der Waals surface area contributed by atoms with Crippen LogP contribution in [-0.4, -0.2) is 46.1 Å². The normalized spacial score (nSPS) is 16.0. The van der Waals surface area contributed by atoms with E-state index in [0.717, 1.165) is 43.5 Å². The van der Waals surface area contributed by atoms with E-state index in [1.54, 1.807) is 12.1 Å². The molecule has 0 saturated carbocycles. The minimum absolute atomic E-state index is 0.344. The van der Waals surface area contributed by atoms with Gasteiger partial charge in [0.25, 0.3) is 0 Å². The molecule has 3 aromatic rings. The van der Waals surface area contributed by atoms with Gasteiger partial charge in [0.2, 0.25) is 0 Å². The molecule has 1 aromatic heterocycles. The van der Waals surface area contributed by atoms with Crippen molar-refractivity contribution in [3.63, 3.8) is 0 Å². The van der Waals surface area contributed by atoms with Crippen LogP contribution in [0, 0.1) is 0 Å². The average Bonchev–Trinajstić information content (AvgIpc) is 3.12. The number of benzene rings is 2. The Labute approximate surface area is 152 Å². The Morgan fingerprint density at radius 3 is 2.65 bits per heavy atom. The average molecular weight is 350 g/mol. The van der Waals surface area contributed by atoms with Gasteiger partial charge in [-0.3, -0.25) is 4.90 Å². The number of nitrogens with zero attached hydrogens (tertiary/aromatic N) is 4. The van der Waals surface area contributed by atoms with Gasteiger partial charge in [0.05, 0.1) is 24.2 Å². The number of carbonyl (C=O) groups is 1. The number of carbonyl (C=O) groups excluding carboxylic acids is 1. The van der Waals surface area contributed by atoms with Crippen LogP contribution < -0.4 is 0 Å². The predicted molar refractivity (Wildman–Crippen MR) is 98.9 cm³/mol. The van der Waals surface area contributed by atoms with Gasteiger partial charge in [0, 0.05) is 19.6 Å². The molecule has 0 atom stereocenters. The highest BCUT2D eigenvalue weighted by Crippen LogP contribution is 2.26. The van der Waals surface area contributed by atoms with Crippen molar-refractivity contribution in [2.45, 2.75) is 25.4 Å². The summed E-state index contributed by atoms with van der Waals surface area (Å²) in [5, 5.41) is 8.60. The molecule has 0 N–H and O–H groups in total. The molecule has 1 fully saturated rings. The van der Waals surface area contributed by atoms with E-state index >= 15 is 0 Å². The van der Waals surface area contributed by atoms with Crippen molar-refractivity contribution in [3.8, 4) is 0 Å². The highest BCUT2D eigenvalue weighted by atomic mass is 16.5. The number of fused-ring (bicyclic) bond motifs is 1. The van der Waals surface area contributed by atoms with Crippen LogP contribution in [0.3, 0.4) is 0 Å². The molecule has 6 nitrogen and oxygen atoms in total. The summed E-state index contributed by atoms with van der Waals surface area (Å²) in [4.78, 5) is 14.2. The molecule has 0 spiro atoms. The quantitative estimate of drug-likeness (QED) is 0.677. The number of rotatable bonds is 4. The van der Waals surface area contributed by atoms with E-state index in [1.165, 1.54) is 12.7 Å². The third-order valence-electron chi connectivity index (χ3n) is 5.04. The van der Waals surface area contributed by atoms with Gasteiger partial charge in [-0.15, -0.1) is 5.10 Å². The third kappa shape index (κ3) is 3.32. The van der Waals surface area contributed by atoms with E-state index in [4.69, 9.17) is 4.74 Å². The summed E-state index contributed by atoms with van der Waals surface area (Å²) < 4.78 is 6.78. The molecule has 2 aromatic carbocycles. The number of hydrogen-bond donors (Lipinski definition) is 0. The monoisotopic (exact) mass is 350 g/mol. The fraction of sp³-hybridized carbons (Fsp3) is 0.350. The summed E-state index contributed by atoms with van der Waals surface area (Å²) in [5.74, 6) is -0.351. The van der Waals surface area contributed by atoms with Gasteiger partial charge in [-0.25, -0.2) is 9.48 Å². The van der Waals surface area contributed by atoms with E-state index in [-0.39, 0.29) is 5.97 Å². The number of ether oxygens (including phenoxy) is 1. The third-order valence-corrected chi connectivity index (χ3v) is 5.04. The Morgan fingerprint density at radius 1 is 1.15 bits per heavy atom. The van der Waals surface area contributed by atoms with Crippen molar-refractivity contribution >= 4 is 17.0 Å². The van der Waals surface area contributed by atoms with Crippen LogP contribution in [0.15, 0.2) is 48.5 Å². The summed E-state index contributed by atoms with van der Waals surface area (Å²) in [6.45, 7) is 3.08. The minimum Gasteiger partial charge on any atom is -0.465 e. The Balaban J connectivity index is 1.45. The maximum absolute atomic E-state index is 11.7. The van der Waals surface area contributed by atoms with Gasteiger partial charge in [-0.1, -0.05) is 35.5 Å². The molecule has 0 bridgehead atoms. The molecule has 0 unspecified atom stereocenters. The summed E-state index contributed by atoms with van der Waals surface area (Å²) in [6.07, 6.45) is 2.09. The van der Waals surface area contributed by atoms with E-state index < -0.39 is 0 Å². The second-order valence-corrected chi connectivity index (χ2v) is 6.72. The van der Waals surface area contributed by atoms with Gasteiger partial charge in [-0.2, -0.15) is 0 Å². The highest BCUT2D eigenvalue weighted by molar-refractivity contribution is 5.93. The van der Waals surface area contributed by atoms with Crippen LogP contribution in [0.25, 0.3) is 11.0 Å². The lowest BCUT2D eigenvalue weighted by atomic mass is 10.0. The van der Waals surface area contributed by atoms with Gasteiger partial charge >= 0.3 is 5.97 Å². The number of esters is 1. The molecule has 26 heavy (non-hydrogen) atoms. The zero-order valence-electron chi connectivity index (χ0n) is 14.8. The van der Waals surface area contributed by atoms with E-state index in [1.807, 2.05) is 10.7 Å². The minimum atomic E-state index is -0.351. The molecule has 0 aliphatic carbocycles.